The molecule has 0 radical (unpaired) electrons. The molecule has 14 heavy (non-hydrogen) atoms. The molecule has 3 nitrogen and oxygen atoms in total. The molecule has 0 aliphatic carbocycles. The second-order valence-corrected chi connectivity index (χ2v) is 3.60. The number of cyclic esters (lactones) is 1. The fourth-order valence-electron chi connectivity index (χ4n) is 1.59. The Balaban J connectivity index is 2.44. The third kappa shape index (κ3) is 1.13. The molecule has 0 spiro atoms. The topological polar surface area (TPSA) is 43.4 Å². The van der Waals surface area contributed by atoms with E-state index in [1.807, 2.05) is 30.3 Å². The van der Waals surface area contributed by atoms with Crippen molar-refractivity contribution in [3.8, 4) is 0 Å². The zero-order valence-corrected chi connectivity index (χ0v) is 7.82. The molecular formula is C11H10O3. The fourth-order valence-corrected chi connectivity index (χ4v) is 1.59. The minimum Gasteiger partial charge on any atom is -0.458 e. The lowest BCUT2D eigenvalue weighted by molar-refractivity contribution is -0.147. The van der Waals surface area contributed by atoms with Gasteiger partial charge in [0.05, 0.1) is 5.41 Å². The Kier molecular flexibility index (Phi) is 1.88. The van der Waals surface area contributed by atoms with E-state index in [-0.39, 0.29) is 6.61 Å². The second kappa shape index (κ2) is 2.94. The van der Waals surface area contributed by atoms with Crippen molar-refractivity contribution < 1.29 is 14.3 Å². The molecule has 1 saturated heterocycles. The van der Waals surface area contributed by atoms with E-state index in [1.165, 1.54) is 0 Å². The van der Waals surface area contributed by atoms with Crippen LogP contribution in [0.5, 0.6) is 0 Å². The fraction of sp³-hybridized carbons (Fsp3) is 0.273. The van der Waals surface area contributed by atoms with Crippen molar-refractivity contribution in [2.45, 2.75) is 12.3 Å². The molecule has 1 aliphatic heterocycles. The van der Waals surface area contributed by atoms with E-state index in [4.69, 9.17) is 4.74 Å². The Morgan fingerprint density at radius 3 is 2.36 bits per heavy atom. The lowest BCUT2D eigenvalue weighted by Gasteiger charge is -2.18. The van der Waals surface area contributed by atoms with Gasteiger partial charge in [-0.05, 0) is 12.5 Å². The number of rotatable bonds is 1. The molecule has 0 aromatic heterocycles. The summed E-state index contributed by atoms with van der Waals surface area (Å²) in [7, 11) is 0. The van der Waals surface area contributed by atoms with Crippen molar-refractivity contribution in [2.75, 3.05) is 6.61 Å². The van der Waals surface area contributed by atoms with Crippen LogP contribution in [0.2, 0.25) is 0 Å². The molecule has 1 fully saturated rings. The van der Waals surface area contributed by atoms with Gasteiger partial charge in [0, 0.05) is 0 Å². The number of ether oxygens (including phenoxy) is 1. The minimum absolute atomic E-state index is 0.147. The summed E-state index contributed by atoms with van der Waals surface area (Å²) in [6, 6.07) is 9.22. The van der Waals surface area contributed by atoms with Gasteiger partial charge in [-0.1, -0.05) is 30.3 Å². The third-order valence-corrected chi connectivity index (χ3v) is 2.59. The number of Topliss-reactive ketones (excluding diaryl/α,β-unsaturated/α-hetero) is 1. The summed E-state index contributed by atoms with van der Waals surface area (Å²) in [5.41, 5.74) is 0.0362. The van der Waals surface area contributed by atoms with Crippen molar-refractivity contribution in [3.05, 3.63) is 35.9 Å². The number of hydrogen-bond acceptors (Lipinski definition) is 3. The molecule has 1 aromatic carbocycles. The van der Waals surface area contributed by atoms with Gasteiger partial charge >= 0.3 is 5.97 Å². The van der Waals surface area contributed by atoms with Gasteiger partial charge in [-0.2, -0.15) is 0 Å². The van der Waals surface area contributed by atoms with E-state index in [2.05, 4.69) is 0 Å². The molecule has 1 aromatic rings. The predicted octanol–water partition coefficient (Wildman–Crippen LogP) is 1.07. The number of esters is 1. The molecule has 3 heteroatoms. The highest BCUT2D eigenvalue weighted by Gasteiger charge is 2.47. The van der Waals surface area contributed by atoms with Gasteiger partial charge in [-0.15, -0.1) is 0 Å². The molecule has 1 aliphatic rings. The molecule has 0 N–H and O–H groups in total. The first-order chi connectivity index (χ1) is 6.64. The van der Waals surface area contributed by atoms with Crippen LogP contribution in [-0.4, -0.2) is 18.4 Å². The molecule has 2 rings (SSSR count). The van der Waals surface area contributed by atoms with Crippen molar-refractivity contribution in [1.29, 1.82) is 0 Å². The van der Waals surface area contributed by atoms with E-state index in [0.29, 0.717) is 0 Å². The van der Waals surface area contributed by atoms with Crippen molar-refractivity contribution in [2.24, 2.45) is 0 Å². The van der Waals surface area contributed by atoms with Crippen LogP contribution >= 0.6 is 0 Å². The molecule has 1 atom stereocenters. The largest absolute Gasteiger partial charge is 0.458 e. The zero-order valence-electron chi connectivity index (χ0n) is 7.82. The van der Waals surface area contributed by atoms with Crippen LogP contribution in [0.3, 0.4) is 0 Å². The molecule has 0 saturated carbocycles. The van der Waals surface area contributed by atoms with Crippen molar-refractivity contribution >= 4 is 11.8 Å². The molecule has 1 unspecified atom stereocenters. The number of carbonyl (C=O) groups is 2. The number of benzene rings is 1. The summed E-state index contributed by atoms with van der Waals surface area (Å²) in [6.45, 7) is 1.88. The normalized spacial score (nSPS) is 26.4. The van der Waals surface area contributed by atoms with Crippen molar-refractivity contribution in [1.82, 2.24) is 0 Å². The summed E-state index contributed by atoms with van der Waals surface area (Å²) in [5.74, 6) is -1.18. The maximum absolute atomic E-state index is 11.6. The SMILES string of the molecule is CC1(c2ccccc2)COC(=O)C1=O. The number of hydrogen-bond donors (Lipinski definition) is 0. The number of carbonyl (C=O) groups excluding carboxylic acids is 2. The lowest BCUT2D eigenvalue weighted by Crippen LogP contribution is -2.32. The number of ketones is 1. The average molecular weight is 190 g/mol. The quantitative estimate of drug-likeness (QED) is 0.491. The predicted molar refractivity (Wildman–Crippen MR) is 49.8 cm³/mol. The van der Waals surface area contributed by atoms with Gasteiger partial charge in [0.15, 0.2) is 0 Å². The lowest BCUT2D eigenvalue weighted by atomic mass is 9.81. The third-order valence-electron chi connectivity index (χ3n) is 2.59. The molecule has 1 heterocycles. The van der Waals surface area contributed by atoms with Crippen LogP contribution in [-0.2, 0) is 19.7 Å². The molecule has 0 amide bonds. The second-order valence-electron chi connectivity index (χ2n) is 3.60. The summed E-state index contributed by atoms with van der Waals surface area (Å²) in [4.78, 5) is 22.5. The summed E-state index contributed by atoms with van der Waals surface area (Å²) in [5, 5.41) is 0. The first-order valence-electron chi connectivity index (χ1n) is 4.42. The van der Waals surface area contributed by atoms with E-state index >= 15 is 0 Å². The Hall–Kier alpha value is -1.64. The first kappa shape index (κ1) is 8.94. The molecule has 72 valence electrons. The Bertz CT molecular complexity index is 383. The van der Waals surface area contributed by atoms with Gasteiger partial charge in [0.1, 0.15) is 6.61 Å². The maximum Gasteiger partial charge on any atom is 0.375 e. The van der Waals surface area contributed by atoms with Gasteiger partial charge in [-0.25, -0.2) is 4.79 Å². The van der Waals surface area contributed by atoms with E-state index < -0.39 is 17.2 Å². The van der Waals surface area contributed by atoms with Crippen LogP contribution in [0.4, 0.5) is 0 Å². The van der Waals surface area contributed by atoms with E-state index in [9.17, 15) is 9.59 Å². The van der Waals surface area contributed by atoms with Crippen LogP contribution in [0.25, 0.3) is 0 Å². The highest BCUT2D eigenvalue weighted by atomic mass is 16.5. The summed E-state index contributed by atoms with van der Waals surface area (Å²) in [6.07, 6.45) is 0. The first-order valence-corrected chi connectivity index (χ1v) is 4.42. The standard InChI is InChI=1S/C11H10O3/c1-11(7-14-10(13)9(11)12)8-5-3-2-4-6-8/h2-6H,7H2,1H3. The maximum atomic E-state index is 11.6. The smallest absolute Gasteiger partial charge is 0.375 e. The Labute approximate surface area is 81.7 Å². The van der Waals surface area contributed by atoms with E-state index in [1.54, 1.807) is 6.92 Å². The highest BCUT2D eigenvalue weighted by Crippen LogP contribution is 2.30. The van der Waals surface area contributed by atoms with Crippen LogP contribution < -0.4 is 0 Å². The summed E-state index contributed by atoms with van der Waals surface area (Å²) < 4.78 is 4.75. The molecule has 0 bridgehead atoms. The molecular weight excluding hydrogens is 180 g/mol. The highest BCUT2D eigenvalue weighted by molar-refractivity contribution is 6.39. The van der Waals surface area contributed by atoms with Crippen LogP contribution in [0, 0.1) is 0 Å². The van der Waals surface area contributed by atoms with Gasteiger partial charge in [-0.3, -0.25) is 4.79 Å². The van der Waals surface area contributed by atoms with Crippen molar-refractivity contribution in [3.63, 3.8) is 0 Å². The van der Waals surface area contributed by atoms with Gasteiger partial charge < -0.3 is 4.74 Å². The monoisotopic (exact) mass is 190 g/mol. The van der Waals surface area contributed by atoms with Gasteiger partial charge in [0.2, 0.25) is 0 Å². The Morgan fingerprint density at radius 2 is 1.86 bits per heavy atom. The van der Waals surface area contributed by atoms with E-state index in [0.717, 1.165) is 5.56 Å². The zero-order chi connectivity index (χ0) is 10.2. The van der Waals surface area contributed by atoms with Crippen LogP contribution in [0.1, 0.15) is 12.5 Å². The summed E-state index contributed by atoms with van der Waals surface area (Å²) >= 11 is 0. The minimum atomic E-state index is -0.793. The van der Waals surface area contributed by atoms with Gasteiger partial charge in [0.25, 0.3) is 5.78 Å². The Morgan fingerprint density at radius 1 is 1.21 bits per heavy atom. The average Bonchev–Trinajstić information content (AvgIpc) is 2.49. The van der Waals surface area contributed by atoms with Crippen LogP contribution in [0.15, 0.2) is 30.3 Å².